The Morgan fingerprint density at radius 3 is 2.17 bits per heavy atom. The van der Waals surface area contributed by atoms with Crippen LogP contribution >= 0.6 is 34.8 Å². The Morgan fingerprint density at radius 2 is 1.61 bits per heavy atom. The largest absolute Gasteiger partial charge is 0.390 e. The second kappa shape index (κ2) is 6.97. The van der Waals surface area contributed by atoms with Gasteiger partial charge >= 0.3 is 0 Å². The molecule has 1 rings (SSSR count). The highest BCUT2D eigenvalue weighted by Crippen LogP contribution is 2.38. The van der Waals surface area contributed by atoms with Gasteiger partial charge < -0.3 is 10.2 Å². The molecule has 0 aliphatic heterocycles. The van der Waals surface area contributed by atoms with E-state index < -0.39 is 12.2 Å². The fourth-order valence-electron chi connectivity index (χ4n) is 1.90. The summed E-state index contributed by atoms with van der Waals surface area (Å²) < 4.78 is 0. The molecule has 0 saturated heterocycles. The first-order chi connectivity index (χ1) is 8.38. The Hall–Kier alpha value is 0.01000. The predicted octanol–water partition coefficient (Wildman–Crippen LogP) is 4.27. The van der Waals surface area contributed by atoms with Gasteiger partial charge in [-0.2, -0.15) is 0 Å². The first kappa shape index (κ1) is 16.1. The van der Waals surface area contributed by atoms with E-state index in [4.69, 9.17) is 34.8 Å². The number of hydrogen-bond acceptors (Lipinski definition) is 2. The van der Waals surface area contributed by atoms with Crippen molar-refractivity contribution in [3.8, 4) is 0 Å². The number of halogens is 3. The standard InChI is InChI=1S/C13H17Cl3O2/c1-3-10(17)11(18)6-7(2)12-8(14)4-5-9(15)13(12)16/h4-5,7,10-11,17-18H,3,6H2,1-2H3. The van der Waals surface area contributed by atoms with E-state index in [0.717, 1.165) is 0 Å². The molecule has 1 aromatic rings. The van der Waals surface area contributed by atoms with Gasteiger partial charge in [-0.05, 0) is 36.5 Å². The van der Waals surface area contributed by atoms with Crippen LogP contribution in [0.5, 0.6) is 0 Å². The first-order valence-corrected chi connectivity index (χ1v) is 7.01. The zero-order chi connectivity index (χ0) is 13.9. The summed E-state index contributed by atoms with van der Waals surface area (Å²) in [6, 6.07) is 3.32. The van der Waals surface area contributed by atoms with Gasteiger partial charge in [0.2, 0.25) is 0 Å². The SMILES string of the molecule is CCC(O)C(O)CC(C)c1c(Cl)ccc(Cl)c1Cl. The van der Waals surface area contributed by atoms with Gasteiger partial charge in [0, 0.05) is 5.02 Å². The van der Waals surface area contributed by atoms with E-state index in [0.29, 0.717) is 33.5 Å². The van der Waals surface area contributed by atoms with Gasteiger partial charge in [0.15, 0.2) is 0 Å². The highest BCUT2D eigenvalue weighted by molar-refractivity contribution is 6.44. The normalized spacial score (nSPS) is 16.4. The smallest absolute Gasteiger partial charge is 0.0804 e. The predicted molar refractivity (Wildman–Crippen MR) is 76.8 cm³/mol. The van der Waals surface area contributed by atoms with Crippen LogP contribution in [0.4, 0.5) is 0 Å². The maximum atomic E-state index is 9.83. The molecule has 0 fully saturated rings. The van der Waals surface area contributed by atoms with Crippen molar-refractivity contribution in [1.29, 1.82) is 0 Å². The van der Waals surface area contributed by atoms with Gasteiger partial charge in [-0.15, -0.1) is 0 Å². The minimum atomic E-state index is -0.795. The molecule has 0 bridgehead atoms. The number of rotatable bonds is 5. The van der Waals surface area contributed by atoms with Gasteiger partial charge in [-0.1, -0.05) is 48.7 Å². The van der Waals surface area contributed by atoms with Crippen molar-refractivity contribution >= 4 is 34.8 Å². The summed E-state index contributed by atoms with van der Waals surface area (Å²) in [5.74, 6) is -0.0834. The Morgan fingerprint density at radius 1 is 1.06 bits per heavy atom. The van der Waals surface area contributed by atoms with Crippen molar-refractivity contribution in [2.45, 2.75) is 44.8 Å². The molecule has 0 spiro atoms. The van der Waals surface area contributed by atoms with E-state index in [9.17, 15) is 10.2 Å². The Balaban J connectivity index is 2.91. The number of benzene rings is 1. The van der Waals surface area contributed by atoms with Crippen molar-refractivity contribution in [2.75, 3.05) is 0 Å². The average molecular weight is 312 g/mol. The Kier molecular flexibility index (Phi) is 6.22. The van der Waals surface area contributed by atoms with Crippen LogP contribution in [-0.2, 0) is 0 Å². The fourth-order valence-corrected chi connectivity index (χ4v) is 2.81. The molecule has 3 atom stereocenters. The fraction of sp³-hybridized carbons (Fsp3) is 0.538. The summed E-state index contributed by atoms with van der Waals surface area (Å²) in [5.41, 5.74) is 0.716. The highest BCUT2D eigenvalue weighted by Gasteiger charge is 2.22. The van der Waals surface area contributed by atoms with Crippen molar-refractivity contribution in [3.63, 3.8) is 0 Å². The summed E-state index contributed by atoms with van der Waals surface area (Å²) in [5, 5.41) is 20.8. The lowest BCUT2D eigenvalue weighted by Crippen LogP contribution is -2.26. The molecule has 2 N–H and O–H groups in total. The summed E-state index contributed by atoms with van der Waals surface area (Å²) in [4.78, 5) is 0. The molecule has 102 valence electrons. The molecule has 0 radical (unpaired) electrons. The molecular formula is C13H17Cl3O2. The zero-order valence-electron chi connectivity index (χ0n) is 10.3. The van der Waals surface area contributed by atoms with Gasteiger partial charge in [0.25, 0.3) is 0 Å². The van der Waals surface area contributed by atoms with Crippen LogP contribution in [0, 0.1) is 0 Å². The topological polar surface area (TPSA) is 40.5 Å². The quantitative estimate of drug-likeness (QED) is 0.797. The van der Waals surface area contributed by atoms with Crippen LogP contribution in [0.3, 0.4) is 0 Å². The van der Waals surface area contributed by atoms with Gasteiger partial charge in [-0.25, -0.2) is 0 Å². The minimum Gasteiger partial charge on any atom is -0.390 e. The molecule has 2 nitrogen and oxygen atoms in total. The van der Waals surface area contributed by atoms with Crippen molar-refractivity contribution < 1.29 is 10.2 Å². The van der Waals surface area contributed by atoms with Crippen LogP contribution in [0.1, 0.15) is 38.2 Å². The first-order valence-electron chi connectivity index (χ1n) is 5.88. The molecule has 0 aliphatic carbocycles. The molecule has 0 aromatic heterocycles. The van der Waals surface area contributed by atoms with E-state index in [2.05, 4.69) is 0 Å². The molecule has 3 unspecified atom stereocenters. The van der Waals surface area contributed by atoms with Crippen LogP contribution in [0.15, 0.2) is 12.1 Å². The van der Waals surface area contributed by atoms with Gasteiger partial charge in [0.05, 0.1) is 22.3 Å². The summed E-state index contributed by atoms with van der Waals surface area (Å²) in [7, 11) is 0. The van der Waals surface area contributed by atoms with Gasteiger partial charge in [-0.3, -0.25) is 0 Å². The van der Waals surface area contributed by atoms with Gasteiger partial charge in [0.1, 0.15) is 0 Å². The lowest BCUT2D eigenvalue weighted by Gasteiger charge is -2.22. The minimum absolute atomic E-state index is 0.0834. The molecular weight excluding hydrogens is 294 g/mol. The van der Waals surface area contributed by atoms with E-state index >= 15 is 0 Å². The molecule has 1 aromatic carbocycles. The Bertz CT molecular complexity index is 409. The lowest BCUT2D eigenvalue weighted by molar-refractivity contribution is 0.00954. The maximum Gasteiger partial charge on any atom is 0.0804 e. The molecule has 5 heteroatoms. The molecule has 0 heterocycles. The molecule has 18 heavy (non-hydrogen) atoms. The molecule has 0 aliphatic rings. The third-order valence-corrected chi connectivity index (χ3v) is 4.18. The van der Waals surface area contributed by atoms with Crippen LogP contribution in [0.2, 0.25) is 15.1 Å². The Labute approximate surface area is 122 Å². The monoisotopic (exact) mass is 310 g/mol. The maximum absolute atomic E-state index is 9.83. The van der Waals surface area contributed by atoms with Crippen LogP contribution < -0.4 is 0 Å². The number of aliphatic hydroxyl groups is 2. The van der Waals surface area contributed by atoms with E-state index in [1.807, 2.05) is 13.8 Å². The zero-order valence-corrected chi connectivity index (χ0v) is 12.6. The van der Waals surface area contributed by atoms with Crippen LogP contribution in [-0.4, -0.2) is 22.4 Å². The summed E-state index contributed by atoms with van der Waals surface area (Å²) in [6.07, 6.45) is -0.639. The van der Waals surface area contributed by atoms with Crippen molar-refractivity contribution in [2.24, 2.45) is 0 Å². The third kappa shape index (κ3) is 3.75. The highest BCUT2D eigenvalue weighted by atomic mass is 35.5. The lowest BCUT2D eigenvalue weighted by atomic mass is 9.92. The average Bonchev–Trinajstić information content (AvgIpc) is 2.33. The number of hydrogen-bond donors (Lipinski definition) is 2. The van der Waals surface area contributed by atoms with E-state index in [-0.39, 0.29) is 5.92 Å². The van der Waals surface area contributed by atoms with Crippen LogP contribution in [0.25, 0.3) is 0 Å². The number of aliphatic hydroxyl groups excluding tert-OH is 2. The second-order valence-corrected chi connectivity index (χ2v) is 5.63. The molecule has 0 saturated carbocycles. The van der Waals surface area contributed by atoms with Crippen molar-refractivity contribution in [3.05, 3.63) is 32.8 Å². The summed E-state index contributed by atoms with van der Waals surface area (Å²) >= 11 is 18.2. The van der Waals surface area contributed by atoms with E-state index in [1.165, 1.54) is 0 Å². The molecule has 0 amide bonds. The second-order valence-electron chi connectivity index (χ2n) is 4.44. The summed E-state index contributed by atoms with van der Waals surface area (Å²) in [6.45, 7) is 3.72. The van der Waals surface area contributed by atoms with Crippen molar-refractivity contribution in [1.82, 2.24) is 0 Å². The van der Waals surface area contributed by atoms with E-state index in [1.54, 1.807) is 12.1 Å². The third-order valence-electron chi connectivity index (χ3n) is 3.03.